The molecule has 106 valence electrons. The molecule has 4 aliphatic carbocycles. The third-order valence-corrected chi connectivity index (χ3v) is 7.82. The van der Waals surface area contributed by atoms with Gasteiger partial charge in [-0.15, -0.1) is 0 Å². The third-order valence-electron chi connectivity index (χ3n) is 7.03. The fourth-order valence-corrected chi connectivity index (χ4v) is 6.60. The predicted molar refractivity (Wildman–Crippen MR) is 80.0 cm³/mol. The van der Waals surface area contributed by atoms with Crippen LogP contribution in [0, 0.1) is 22.7 Å². The maximum absolute atomic E-state index is 9.69. The van der Waals surface area contributed by atoms with Crippen LogP contribution in [0.3, 0.4) is 0 Å². The average molecular weight is 279 g/mol. The molecule has 0 aromatic carbocycles. The Bertz CT molecular complexity index is 403. The van der Waals surface area contributed by atoms with E-state index in [-0.39, 0.29) is 10.7 Å². The molecule has 0 saturated heterocycles. The van der Waals surface area contributed by atoms with Gasteiger partial charge in [-0.2, -0.15) is 12.6 Å². The van der Waals surface area contributed by atoms with Gasteiger partial charge >= 0.3 is 0 Å². The molecule has 4 bridgehead atoms. The summed E-state index contributed by atoms with van der Waals surface area (Å²) in [5, 5.41) is 13.7. The van der Waals surface area contributed by atoms with Crippen molar-refractivity contribution in [2.24, 2.45) is 27.8 Å². The van der Waals surface area contributed by atoms with E-state index in [1.54, 1.807) is 0 Å². The molecule has 4 aliphatic rings. The zero-order valence-corrected chi connectivity index (χ0v) is 12.5. The van der Waals surface area contributed by atoms with E-state index in [9.17, 15) is 5.21 Å². The fourth-order valence-electron chi connectivity index (χ4n) is 5.91. The van der Waals surface area contributed by atoms with Crippen molar-refractivity contribution >= 4 is 18.3 Å². The zero-order chi connectivity index (χ0) is 13.1. The van der Waals surface area contributed by atoms with Crippen LogP contribution in [0.4, 0.5) is 0 Å². The largest absolute Gasteiger partial charge is 0.411 e. The molecule has 0 aromatic rings. The van der Waals surface area contributed by atoms with Gasteiger partial charge in [-0.25, -0.2) is 0 Å². The third kappa shape index (κ3) is 1.66. The molecule has 4 rings (SSSR count). The summed E-state index contributed by atoms with van der Waals surface area (Å²) in [5.74, 6) is 1.83. The van der Waals surface area contributed by atoms with Crippen molar-refractivity contribution in [3.8, 4) is 0 Å². The molecule has 1 unspecified atom stereocenters. The summed E-state index contributed by atoms with van der Waals surface area (Å²) in [4.78, 5) is 0. The first-order valence-electron chi connectivity index (χ1n) is 8.08. The molecule has 0 radical (unpaired) electrons. The first-order chi connectivity index (χ1) is 9.17. The second kappa shape index (κ2) is 4.16. The zero-order valence-electron chi connectivity index (χ0n) is 11.6. The van der Waals surface area contributed by atoms with Gasteiger partial charge in [0, 0.05) is 10.7 Å². The lowest BCUT2D eigenvalue weighted by atomic mass is 9.70. The van der Waals surface area contributed by atoms with Crippen LogP contribution in [0.2, 0.25) is 0 Å². The Morgan fingerprint density at radius 1 is 1.00 bits per heavy atom. The van der Waals surface area contributed by atoms with Crippen LogP contribution >= 0.6 is 12.6 Å². The second-order valence-electron chi connectivity index (χ2n) is 7.83. The van der Waals surface area contributed by atoms with E-state index in [0.717, 1.165) is 17.5 Å². The fraction of sp³-hybridized carbons (Fsp3) is 0.938. The first kappa shape index (κ1) is 12.6. The van der Waals surface area contributed by atoms with Crippen LogP contribution in [0.25, 0.3) is 0 Å². The Balaban J connectivity index is 1.63. The smallest absolute Gasteiger partial charge is 0.0764 e. The maximum atomic E-state index is 9.69. The molecule has 0 heterocycles. The number of hydrogen-bond donors (Lipinski definition) is 2. The molecule has 1 N–H and O–H groups in total. The van der Waals surface area contributed by atoms with Crippen LogP contribution in [0.15, 0.2) is 5.16 Å². The number of thiol groups is 1. The molecular formula is C16H25NOS. The van der Waals surface area contributed by atoms with Gasteiger partial charge in [0.1, 0.15) is 0 Å². The van der Waals surface area contributed by atoms with E-state index in [1.165, 1.54) is 64.2 Å². The van der Waals surface area contributed by atoms with E-state index < -0.39 is 0 Å². The predicted octanol–water partition coefficient (Wildman–Crippen LogP) is 4.28. The molecule has 0 spiro atoms. The lowest BCUT2D eigenvalue weighted by Crippen LogP contribution is -2.42. The van der Waals surface area contributed by atoms with Gasteiger partial charge in [0.2, 0.25) is 0 Å². The van der Waals surface area contributed by atoms with Gasteiger partial charge in [0.25, 0.3) is 0 Å². The number of rotatable bonds is 3. The normalized spacial score (nSPS) is 50.1. The Kier molecular flexibility index (Phi) is 2.75. The minimum absolute atomic E-state index is 0.210. The number of nitrogens with zero attached hydrogens (tertiary/aromatic N) is 1. The molecule has 1 atom stereocenters. The van der Waals surface area contributed by atoms with Crippen molar-refractivity contribution in [1.82, 2.24) is 0 Å². The van der Waals surface area contributed by atoms with E-state index in [2.05, 4.69) is 5.16 Å². The van der Waals surface area contributed by atoms with Crippen molar-refractivity contribution in [2.75, 3.05) is 0 Å². The molecule has 2 nitrogen and oxygen atoms in total. The molecule has 4 saturated carbocycles. The van der Waals surface area contributed by atoms with Crippen molar-refractivity contribution in [3.05, 3.63) is 0 Å². The summed E-state index contributed by atoms with van der Waals surface area (Å²) in [6.07, 6.45) is 13.2. The Labute approximate surface area is 121 Å². The monoisotopic (exact) mass is 279 g/mol. The SMILES string of the molecule is ON=C(C(S)C12CCC(CC1)C2)C12CCC(CC1)C2. The summed E-state index contributed by atoms with van der Waals surface area (Å²) in [7, 11) is 0. The van der Waals surface area contributed by atoms with Gasteiger partial charge in [-0.05, 0) is 81.5 Å². The van der Waals surface area contributed by atoms with E-state index >= 15 is 0 Å². The van der Waals surface area contributed by atoms with Gasteiger partial charge in [0.05, 0.1) is 5.71 Å². The highest BCUT2D eigenvalue weighted by Gasteiger charge is 2.56. The van der Waals surface area contributed by atoms with Gasteiger partial charge in [-0.3, -0.25) is 0 Å². The van der Waals surface area contributed by atoms with Gasteiger partial charge in [-0.1, -0.05) is 5.16 Å². The molecular weight excluding hydrogens is 254 g/mol. The molecule has 0 aliphatic heterocycles. The second-order valence-corrected chi connectivity index (χ2v) is 8.34. The number of hydrogen-bond acceptors (Lipinski definition) is 3. The number of oxime groups is 1. The van der Waals surface area contributed by atoms with Crippen LogP contribution in [0.5, 0.6) is 0 Å². The Morgan fingerprint density at radius 2 is 1.58 bits per heavy atom. The van der Waals surface area contributed by atoms with E-state index in [0.29, 0.717) is 5.41 Å². The Morgan fingerprint density at radius 3 is 2.00 bits per heavy atom. The van der Waals surface area contributed by atoms with Crippen molar-refractivity contribution in [1.29, 1.82) is 0 Å². The van der Waals surface area contributed by atoms with Crippen molar-refractivity contribution < 1.29 is 5.21 Å². The highest BCUT2D eigenvalue weighted by atomic mass is 32.1. The minimum atomic E-state index is 0.210. The van der Waals surface area contributed by atoms with Crippen molar-refractivity contribution in [3.63, 3.8) is 0 Å². The number of fused-ring (bicyclic) bond motifs is 4. The summed E-state index contributed by atoms with van der Waals surface area (Å²) >= 11 is 5.00. The quantitative estimate of drug-likeness (QED) is 0.344. The van der Waals surface area contributed by atoms with Crippen LogP contribution in [0.1, 0.15) is 64.2 Å². The van der Waals surface area contributed by atoms with Crippen LogP contribution < -0.4 is 0 Å². The summed E-state index contributed by atoms with van der Waals surface area (Å²) in [5.41, 5.74) is 1.66. The van der Waals surface area contributed by atoms with Crippen LogP contribution in [-0.4, -0.2) is 16.2 Å². The molecule has 3 heteroatoms. The summed E-state index contributed by atoms with van der Waals surface area (Å²) < 4.78 is 0. The van der Waals surface area contributed by atoms with Gasteiger partial charge in [0.15, 0.2) is 0 Å². The Hall–Kier alpha value is -0.180. The molecule has 4 fully saturated rings. The summed E-state index contributed by atoms with van der Waals surface area (Å²) in [6, 6.07) is 0. The van der Waals surface area contributed by atoms with Crippen LogP contribution in [-0.2, 0) is 0 Å². The highest BCUT2D eigenvalue weighted by Crippen LogP contribution is 2.61. The average Bonchev–Trinajstić information content (AvgIpc) is 3.19. The standard InChI is InChI=1S/C16H25NOS/c18-17-13(15-5-1-11(9-15)2-6-15)14(19)16-7-3-12(10-16)4-8-16/h11-12,14,18-19H,1-10H2. The molecule has 0 amide bonds. The lowest BCUT2D eigenvalue weighted by Gasteiger charge is -2.39. The highest BCUT2D eigenvalue weighted by molar-refractivity contribution is 7.81. The van der Waals surface area contributed by atoms with E-state index in [1.807, 2.05) is 0 Å². The first-order valence-corrected chi connectivity index (χ1v) is 8.60. The maximum Gasteiger partial charge on any atom is 0.0764 e. The van der Waals surface area contributed by atoms with Crippen molar-refractivity contribution in [2.45, 2.75) is 69.5 Å². The lowest BCUT2D eigenvalue weighted by molar-refractivity contribution is 0.272. The minimum Gasteiger partial charge on any atom is -0.411 e. The molecule has 19 heavy (non-hydrogen) atoms. The summed E-state index contributed by atoms with van der Waals surface area (Å²) in [6.45, 7) is 0. The molecule has 0 aromatic heterocycles. The van der Waals surface area contributed by atoms with Gasteiger partial charge < -0.3 is 5.21 Å². The van der Waals surface area contributed by atoms with E-state index in [4.69, 9.17) is 12.6 Å². The topological polar surface area (TPSA) is 32.6 Å².